The van der Waals surface area contributed by atoms with E-state index < -0.39 is 17.3 Å². The van der Waals surface area contributed by atoms with Crippen LogP contribution in [0, 0.1) is 5.82 Å². The predicted octanol–water partition coefficient (Wildman–Crippen LogP) is 2.89. The highest BCUT2D eigenvalue weighted by molar-refractivity contribution is 7.14. The number of nitrogens with two attached hydrogens (primary N) is 1. The largest absolute Gasteiger partial charge is 0.370 e. The molecule has 1 aliphatic carbocycles. The van der Waals surface area contributed by atoms with E-state index in [0.29, 0.717) is 23.7 Å². The van der Waals surface area contributed by atoms with Gasteiger partial charge in [0.1, 0.15) is 5.82 Å². The minimum absolute atomic E-state index is 0.112. The van der Waals surface area contributed by atoms with Crippen molar-refractivity contribution in [2.45, 2.75) is 38.1 Å². The molecule has 0 atom stereocenters. The lowest BCUT2D eigenvalue weighted by Crippen LogP contribution is -2.55. The number of aromatic nitrogens is 1. The van der Waals surface area contributed by atoms with E-state index in [1.165, 1.54) is 36.1 Å². The molecule has 1 aliphatic rings. The second kappa shape index (κ2) is 8.52. The Morgan fingerprint density at radius 1 is 1.34 bits per heavy atom. The Bertz CT molecular complexity index is 968. The molecule has 0 spiro atoms. The van der Waals surface area contributed by atoms with Gasteiger partial charge in [-0.05, 0) is 37.5 Å². The van der Waals surface area contributed by atoms with Gasteiger partial charge in [0.25, 0.3) is 0 Å². The number of nitrogens with zero attached hydrogens (tertiary/aromatic N) is 2. The number of carbonyl (C=O) groups is 3. The summed E-state index contributed by atoms with van der Waals surface area (Å²) >= 11 is 1.16. The van der Waals surface area contributed by atoms with Crippen LogP contribution in [0.25, 0.3) is 6.08 Å². The van der Waals surface area contributed by atoms with Crippen LogP contribution >= 0.6 is 11.3 Å². The fourth-order valence-electron chi connectivity index (χ4n) is 3.24. The molecule has 1 aromatic carbocycles. The summed E-state index contributed by atoms with van der Waals surface area (Å²) in [6.07, 6.45) is 5.30. The lowest BCUT2D eigenvalue weighted by Gasteiger charge is -2.41. The molecule has 3 N–H and O–H groups in total. The number of thiazole rings is 1. The van der Waals surface area contributed by atoms with Gasteiger partial charge in [0.15, 0.2) is 5.13 Å². The molecule has 152 valence electrons. The van der Waals surface area contributed by atoms with Crippen molar-refractivity contribution in [1.82, 2.24) is 10.3 Å². The summed E-state index contributed by atoms with van der Waals surface area (Å²) in [5, 5.41) is 4.81. The zero-order valence-electron chi connectivity index (χ0n) is 15.9. The van der Waals surface area contributed by atoms with Crippen LogP contribution in [0.5, 0.6) is 0 Å². The molecule has 1 aromatic heterocycles. The molecular formula is C20H21FN4O3S. The third kappa shape index (κ3) is 4.86. The zero-order chi connectivity index (χ0) is 21.0. The smallest absolute Gasteiger partial charge is 0.244 e. The molecule has 0 unspecified atom stereocenters. The monoisotopic (exact) mass is 416 g/mol. The Balaban J connectivity index is 1.72. The number of halogens is 1. The third-order valence-electron chi connectivity index (χ3n) is 4.73. The Morgan fingerprint density at radius 3 is 2.66 bits per heavy atom. The number of para-hydroxylation sites is 1. The average Bonchev–Trinajstić information content (AvgIpc) is 3.08. The summed E-state index contributed by atoms with van der Waals surface area (Å²) in [6.45, 7) is 1.33. The Hall–Kier alpha value is -3.07. The standard InChI is InChI=1S/C20H21FN4O3S/c1-13(26)25(16-6-3-2-5-15(16)21)19-23-14(12-29-19)7-8-18(28)24-20(9-4-10-20)11-17(22)27/h2-3,5-8,12H,4,9-11H2,1H3,(H2,22,27)(H,24,28). The molecule has 0 radical (unpaired) electrons. The predicted molar refractivity (Wildman–Crippen MR) is 109 cm³/mol. The Morgan fingerprint density at radius 2 is 2.07 bits per heavy atom. The number of hydrogen-bond donors (Lipinski definition) is 2. The van der Waals surface area contributed by atoms with Gasteiger partial charge in [0.2, 0.25) is 17.7 Å². The first-order chi connectivity index (χ1) is 13.8. The number of rotatable bonds is 7. The van der Waals surface area contributed by atoms with Crippen molar-refractivity contribution in [1.29, 1.82) is 0 Å². The summed E-state index contributed by atoms with van der Waals surface area (Å²) in [5.74, 6) is -1.71. The van der Waals surface area contributed by atoms with Gasteiger partial charge in [0.05, 0.1) is 11.4 Å². The Kier molecular flexibility index (Phi) is 6.07. The lowest BCUT2D eigenvalue weighted by molar-refractivity contribution is -0.123. The van der Waals surface area contributed by atoms with Crippen LogP contribution in [0.2, 0.25) is 0 Å². The first-order valence-electron chi connectivity index (χ1n) is 9.09. The van der Waals surface area contributed by atoms with Gasteiger partial charge in [-0.3, -0.25) is 19.3 Å². The SMILES string of the molecule is CC(=O)N(c1nc(C=CC(=O)NC2(CC(N)=O)CCC2)cs1)c1ccccc1F. The molecule has 0 bridgehead atoms. The summed E-state index contributed by atoms with van der Waals surface area (Å²) in [7, 11) is 0. The number of hydrogen-bond acceptors (Lipinski definition) is 5. The summed E-state index contributed by atoms with van der Waals surface area (Å²) in [6, 6.07) is 5.94. The number of amides is 3. The van der Waals surface area contributed by atoms with E-state index in [2.05, 4.69) is 10.3 Å². The molecule has 29 heavy (non-hydrogen) atoms. The van der Waals surface area contributed by atoms with Crippen molar-refractivity contribution in [3.63, 3.8) is 0 Å². The molecule has 7 nitrogen and oxygen atoms in total. The number of benzene rings is 1. The normalized spacial score (nSPS) is 15.0. The summed E-state index contributed by atoms with van der Waals surface area (Å²) in [4.78, 5) is 41.0. The van der Waals surface area contributed by atoms with Crippen LogP contribution in [0.4, 0.5) is 15.2 Å². The number of nitrogens with one attached hydrogen (secondary N) is 1. The van der Waals surface area contributed by atoms with Gasteiger partial charge in [-0.1, -0.05) is 12.1 Å². The maximum atomic E-state index is 14.1. The molecule has 2 aromatic rings. The number of anilines is 2. The van der Waals surface area contributed by atoms with Crippen LogP contribution in [-0.4, -0.2) is 28.2 Å². The molecule has 1 saturated carbocycles. The fourth-order valence-corrected chi connectivity index (χ4v) is 4.09. The van der Waals surface area contributed by atoms with Crippen molar-refractivity contribution in [3.8, 4) is 0 Å². The molecule has 0 saturated heterocycles. The van der Waals surface area contributed by atoms with Gasteiger partial charge in [-0.2, -0.15) is 0 Å². The van der Waals surface area contributed by atoms with Gasteiger partial charge in [-0.25, -0.2) is 9.37 Å². The van der Waals surface area contributed by atoms with Gasteiger partial charge < -0.3 is 11.1 Å². The lowest BCUT2D eigenvalue weighted by atomic mass is 9.74. The van der Waals surface area contributed by atoms with E-state index in [0.717, 1.165) is 17.8 Å². The van der Waals surface area contributed by atoms with E-state index in [9.17, 15) is 18.8 Å². The van der Waals surface area contributed by atoms with Crippen molar-refractivity contribution in [3.05, 3.63) is 47.2 Å². The summed E-state index contributed by atoms with van der Waals surface area (Å²) < 4.78 is 14.1. The van der Waals surface area contributed by atoms with Crippen LogP contribution in [0.1, 0.15) is 38.3 Å². The third-order valence-corrected chi connectivity index (χ3v) is 5.57. The van der Waals surface area contributed by atoms with E-state index >= 15 is 0 Å². The minimum atomic E-state index is -0.559. The second-order valence-electron chi connectivity index (χ2n) is 6.96. The quantitative estimate of drug-likeness (QED) is 0.677. The first kappa shape index (κ1) is 20.7. The van der Waals surface area contributed by atoms with Crippen molar-refractivity contribution in [2.24, 2.45) is 5.73 Å². The zero-order valence-corrected chi connectivity index (χ0v) is 16.7. The number of primary amides is 1. The first-order valence-corrected chi connectivity index (χ1v) is 9.97. The molecule has 3 amide bonds. The van der Waals surface area contributed by atoms with Crippen molar-refractivity contribution >= 4 is 46.0 Å². The molecule has 3 rings (SSSR count). The van der Waals surface area contributed by atoms with E-state index in [4.69, 9.17) is 5.73 Å². The number of carbonyl (C=O) groups excluding carboxylic acids is 3. The van der Waals surface area contributed by atoms with Crippen molar-refractivity contribution in [2.75, 3.05) is 4.90 Å². The van der Waals surface area contributed by atoms with Gasteiger partial charge in [0, 0.05) is 30.3 Å². The van der Waals surface area contributed by atoms with E-state index in [-0.39, 0.29) is 23.9 Å². The molecule has 0 aliphatic heterocycles. The summed E-state index contributed by atoms with van der Waals surface area (Å²) in [5.41, 5.74) is 5.28. The molecule has 9 heteroatoms. The highest BCUT2D eigenvalue weighted by Gasteiger charge is 2.39. The molecular weight excluding hydrogens is 395 g/mol. The second-order valence-corrected chi connectivity index (χ2v) is 7.80. The highest BCUT2D eigenvalue weighted by Crippen LogP contribution is 2.35. The molecule has 1 fully saturated rings. The van der Waals surface area contributed by atoms with Crippen molar-refractivity contribution < 1.29 is 18.8 Å². The van der Waals surface area contributed by atoms with Crippen LogP contribution in [0.15, 0.2) is 35.7 Å². The van der Waals surface area contributed by atoms with E-state index in [1.54, 1.807) is 17.5 Å². The Labute approximate surface area is 171 Å². The maximum Gasteiger partial charge on any atom is 0.244 e. The highest BCUT2D eigenvalue weighted by atomic mass is 32.1. The van der Waals surface area contributed by atoms with E-state index in [1.807, 2.05) is 0 Å². The topological polar surface area (TPSA) is 105 Å². The van der Waals surface area contributed by atoms with Crippen LogP contribution in [0.3, 0.4) is 0 Å². The fraction of sp³-hybridized carbons (Fsp3) is 0.300. The van der Waals surface area contributed by atoms with Crippen LogP contribution in [-0.2, 0) is 14.4 Å². The molecule has 1 heterocycles. The van der Waals surface area contributed by atoms with Gasteiger partial charge in [-0.15, -0.1) is 11.3 Å². The maximum absolute atomic E-state index is 14.1. The van der Waals surface area contributed by atoms with Gasteiger partial charge >= 0.3 is 0 Å². The van der Waals surface area contributed by atoms with Crippen LogP contribution < -0.4 is 16.0 Å². The minimum Gasteiger partial charge on any atom is -0.370 e. The average molecular weight is 416 g/mol.